The molecule has 1 N–H and O–H groups in total. The molecule has 0 fully saturated rings. The predicted octanol–water partition coefficient (Wildman–Crippen LogP) is 2.61. The topological polar surface area (TPSA) is 39.1 Å². The molecule has 0 aliphatic carbocycles. The summed E-state index contributed by atoms with van der Waals surface area (Å²) in [7, 11) is 0. The Hall–Kier alpha value is -1.03. The van der Waals surface area contributed by atoms with E-state index in [1.54, 1.807) is 0 Å². The quantitative estimate of drug-likeness (QED) is 0.725. The molecule has 0 atom stereocenters. The molecule has 1 aromatic heterocycles. The van der Waals surface area contributed by atoms with E-state index in [0.29, 0.717) is 6.04 Å². The van der Waals surface area contributed by atoms with E-state index in [0.717, 1.165) is 37.8 Å². The summed E-state index contributed by atoms with van der Waals surface area (Å²) < 4.78 is 7.45. The van der Waals surface area contributed by atoms with Crippen LogP contribution in [0.1, 0.15) is 38.9 Å². The molecule has 0 aromatic carbocycles. The summed E-state index contributed by atoms with van der Waals surface area (Å²) >= 11 is 0. The lowest BCUT2D eigenvalue weighted by atomic mass is 10.4. The number of ether oxygens (including phenoxy) is 1. The fourth-order valence-corrected chi connectivity index (χ4v) is 1.56. The van der Waals surface area contributed by atoms with Crippen LogP contribution >= 0.6 is 0 Å². The number of aryl methyl sites for hydroxylation is 1. The molecule has 1 rings (SSSR count). The van der Waals surface area contributed by atoms with Crippen LogP contribution in [0.25, 0.3) is 0 Å². The highest BCUT2D eigenvalue weighted by molar-refractivity contribution is 5.29. The van der Waals surface area contributed by atoms with Gasteiger partial charge in [-0.05, 0) is 34.1 Å². The first-order valence-corrected chi connectivity index (χ1v) is 6.02. The van der Waals surface area contributed by atoms with Crippen molar-refractivity contribution in [1.82, 2.24) is 9.55 Å². The SMILES string of the molecule is CCOCCCNc1nc(C)cn1C(C)C. The number of nitrogens with one attached hydrogen (secondary N) is 1. The minimum absolute atomic E-state index is 0.440. The van der Waals surface area contributed by atoms with Crippen molar-refractivity contribution in [3.05, 3.63) is 11.9 Å². The molecule has 4 heteroatoms. The van der Waals surface area contributed by atoms with Crippen LogP contribution in [-0.4, -0.2) is 29.3 Å². The van der Waals surface area contributed by atoms with E-state index in [1.165, 1.54) is 0 Å². The Morgan fingerprint density at radius 3 is 2.88 bits per heavy atom. The lowest BCUT2D eigenvalue weighted by molar-refractivity contribution is 0.147. The van der Waals surface area contributed by atoms with Crippen molar-refractivity contribution in [3.8, 4) is 0 Å². The van der Waals surface area contributed by atoms with Crippen LogP contribution in [-0.2, 0) is 4.74 Å². The second-order valence-electron chi connectivity index (χ2n) is 4.18. The molecule has 0 aliphatic heterocycles. The molecular weight excluding hydrogens is 202 g/mol. The molecule has 0 unspecified atom stereocenters. The number of anilines is 1. The first kappa shape index (κ1) is 13.0. The molecule has 0 saturated carbocycles. The van der Waals surface area contributed by atoms with Gasteiger partial charge in [0.15, 0.2) is 0 Å². The molecule has 1 aromatic rings. The zero-order chi connectivity index (χ0) is 12.0. The van der Waals surface area contributed by atoms with Crippen molar-refractivity contribution in [2.75, 3.05) is 25.1 Å². The highest BCUT2D eigenvalue weighted by Gasteiger charge is 2.07. The largest absolute Gasteiger partial charge is 0.382 e. The highest BCUT2D eigenvalue weighted by atomic mass is 16.5. The monoisotopic (exact) mass is 225 g/mol. The van der Waals surface area contributed by atoms with Crippen LogP contribution in [0.2, 0.25) is 0 Å². The van der Waals surface area contributed by atoms with Gasteiger partial charge in [-0.15, -0.1) is 0 Å². The summed E-state index contributed by atoms with van der Waals surface area (Å²) in [6, 6.07) is 0.440. The van der Waals surface area contributed by atoms with Gasteiger partial charge in [-0.3, -0.25) is 0 Å². The smallest absolute Gasteiger partial charge is 0.203 e. The van der Waals surface area contributed by atoms with Crippen molar-refractivity contribution in [2.45, 2.75) is 40.2 Å². The summed E-state index contributed by atoms with van der Waals surface area (Å²) in [5.41, 5.74) is 1.06. The molecule has 0 spiro atoms. The van der Waals surface area contributed by atoms with E-state index in [1.807, 2.05) is 13.8 Å². The second-order valence-corrected chi connectivity index (χ2v) is 4.18. The highest BCUT2D eigenvalue weighted by Crippen LogP contribution is 2.14. The zero-order valence-electron chi connectivity index (χ0n) is 10.8. The van der Waals surface area contributed by atoms with Crippen LogP contribution in [0, 0.1) is 6.92 Å². The van der Waals surface area contributed by atoms with Gasteiger partial charge in [0.25, 0.3) is 0 Å². The van der Waals surface area contributed by atoms with E-state index in [4.69, 9.17) is 4.74 Å². The zero-order valence-corrected chi connectivity index (χ0v) is 10.8. The van der Waals surface area contributed by atoms with Crippen molar-refractivity contribution >= 4 is 5.95 Å². The molecule has 4 nitrogen and oxygen atoms in total. The van der Waals surface area contributed by atoms with Gasteiger partial charge in [0, 0.05) is 32.0 Å². The summed E-state index contributed by atoms with van der Waals surface area (Å²) in [5, 5.41) is 3.35. The average Bonchev–Trinajstić information content (AvgIpc) is 2.59. The summed E-state index contributed by atoms with van der Waals surface area (Å²) in [4.78, 5) is 4.46. The minimum Gasteiger partial charge on any atom is -0.382 e. The third kappa shape index (κ3) is 3.85. The van der Waals surface area contributed by atoms with Gasteiger partial charge in [-0.2, -0.15) is 0 Å². The average molecular weight is 225 g/mol. The molecule has 0 radical (unpaired) electrons. The molecular formula is C12H23N3O. The van der Waals surface area contributed by atoms with Gasteiger partial charge in [0.05, 0.1) is 5.69 Å². The first-order chi connectivity index (χ1) is 7.65. The Morgan fingerprint density at radius 1 is 1.50 bits per heavy atom. The maximum Gasteiger partial charge on any atom is 0.203 e. The minimum atomic E-state index is 0.440. The number of imidazole rings is 1. The van der Waals surface area contributed by atoms with Crippen LogP contribution in [0.4, 0.5) is 5.95 Å². The Labute approximate surface area is 98.0 Å². The lowest BCUT2D eigenvalue weighted by Crippen LogP contribution is -2.11. The molecule has 0 aliphatic rings. The molecule has 0 amide bonds. The van der Waals surface area contributed by atoms with E-state index in [9.17, 15) is 0 Å². The van der Waals surface area contributed by atoms with Crippen molar-refractivity contribution in [1.29, 1.82) is 0 Å². The Balaban J connectivity index is 2.40. The van der Waals surface area contributed by atoms with Crippen LogP contribution < -0.4 is 5.32 Å². The number of nitrogens with zero attached hydrogens (tertiary/aromatic N) is 2. The van der Waals surface area contributed by atoms with Gasteiger partial charge < -0.3 is 14.6 Å². The fraction of sp³-hybridized carbons (Fsp3) is 0.750. The van der Waals surface area contributed by atoms with E-state index in [2.05, 4.69) is 34.9 Å². The normalized spacial score (nSPS) is 11.1. The predicted molar refractivity (Wildman–Crippen MR) is 66.9 cm³/mol. The number of hydrogen-bond acceptors (Lipinski definition) is 3. The standard InChI is InChI=1S/C12H23N3O/c1-5-16-8-6-7-13-12-14-11(4)9-15(12)10(2)3/h9-10H,5-8H2,1-4H3,(H,13,14). The summed E-state index contributed by atoms with van der Waals surface area (Å²) in [5.74, 6) is 0.962. The number of rotatable bonds is 7. The first-order valence-electron chi connectivity index (χ1n) is 6.02. The van der Waals surface area contributed by atoms with E-state index in [-0.39, 0.29) is 0 Å². The Morgan fingerprint density at radius 2 is 2.25 bits per heavy atom. The second kappa shape index (κ2) is 6.53. The Kier molecular flexibility index (Phi) is 5.32. The maximum atomic E-state index is 5.29. The number of hydrogen-bond donors (Lipinski definition) is 1. The van der Waals surface area contributed by atoms with Gasteiger partial charge in [0.2, 0.25) is 5.95 Å². The van der Waals surface area contributed by atoms with Crippen molar-refractivity contribution < 1.29 is 4.74 Å². The third-order valence-corrected chi connectivity index (χ3v) is 2.36. The Bertz CT molecular complexity index is 307. The fourth-order valence-electron chi connectivity index (χ4n) is 1.56. The summed E-state index contributed by atoms with van der Waals surface area (Å²) in [6.07, 6.45) is 3.09. The van der Waals surface area contributed by atoms with E-state index >= 15 is 0 Å². The maximum absolute atomic E-state index is 5.29. The van der Waals surface area contributed by atoms with Crippen molar-refractivity contribution in [3.63, 3.8) is 0 Å². The van der Waals surface area contributed by atoms with Crippen LogP contribution in [0.3, 0.4) is 0 Å². The molecule has 1 heterocycles. The van der Waals surface area contributed by atoms with Gasteiger partial charge in [-0.1, -0.05) is 0 Å². The molecule has 92 valence electrons. The van der Waals surface area contributed by atoms with Gasteiger partial charge in [0.1, 0.15) is 0 Å². The van der Waals surface area contributed by atoms with Crippen LogP contribution in [0.5, 0.6) is 0 Å². The number of aromatic nitrogens is 2. The molecule has 0 bridgehead atoms. The van der Waals surface area contributed by atoms with Crippen molar-refractivity contribution in [2.24, 2.45) is 0 Å². The van der Waals surface area contributed by atoms with Crippen LogP contribution in [0.15, 0.2) is 6.20 Å². The molecule has 16 heavy (non-hydrogen) atoms. The van der Waals surface area contributed by atoms with E-state index < -0.39 is 0 Å². The lowest BCUT2D eigenvalue weighted by Gasteiger charge is -2.12. The molecule has 0 saturated heterocycles. The van der Waals surface area contributed by atoms with Gasteiger partial charge >= 0.3 is 0 Å². The third-order valence-electron chi connectivity index (χ3n) is 2.36. The summed E-state index contributed by atoms with van der Waals surface area (Å²) in [6.45, 7) is 10.9. The van der Waals surface area contributed by atoms with Gasteiger partial charge in [-0.25, -0.2) is 4.98 Å².